The minimum absolute atomic E-state index is 0.0575. The average Bonchev–Trinajstić information content (AvgIpc) is 3.60. The highest BCUT2D eigenvalue weighted by Gasteiger charge is 2.43. The van der Waals surface area contributed by atoms with Gasteiger partial charge in [0.15, 0.2) is 17.3 Å². The number of benzene rings is 1. The topological polar surface area (TPSA) is 123 Å². The first kappa shape index (κ1) is 27.0. The summed E-state index contributed by atoms with van der Waals surface area (Å²) in [5.74, 6) is 0.764. The summed E-state index contributed by atoms with van der Waals surface area (Å²) in [6.45, 7) is 7.58. The van der Waals surface area contributed by atoms with Gasteiger partial charge in [0.25, 0.3) is 0 Å². The van der Waals surface area contributed by atoms with Gasteiger partial charge in [-0.05, 0) is 46.1 Å². The predicted molar refractivity (Wildman–Crippen MR) is 134 cm³/mol. The van der Waals surface area contributed by atoms with Gasteiger partial charge in [0.1, 0.15) is 11.8 Å². The smallest absolute Gasteiger partial charge is 0.248 e. The second-order valence-electron chi connectivity index (χ2n) is 9.62. The monoisotopic (exact) mass is 500 g/mol. The zero-order valence-electron chi connectivity index (χ0n) is 21.8. The van der Waals surface area contributed by atoms with Crippen LogP contribution in [0.4, 0.5) is 5.82 Å². The van der Waals surface area contributed by atoms with Gasteiger partial charge in [0, 0.05) is 36.1 Å². The SMILES string of the molecule is CCC(C)(C)NC(=O)C(c1cccc(OC)c1OC)N(C(=O)CCC(=O)Nc1cc(C)on1)C1CC1. The van der Waals surface area contributed by atoms with E-state index in [0.717, 1.165) is 12.8 Å². The van der Waals surface area contributed by atoms with Crippen molar-refractivity contribution < 1.29 is 28.4 Å². The lowest BCUT2D eigenvalue weighted by atomic mass is 9.97. The summed E-state index contributed by atoms with van der Waals surface area (Å²) < 4.78 is 16.0. The minimum atomic E-state index is -0.942. The Morgan fingerprint density at radius 2 is 1.92 bits per heavy atom. The van der Waals surface area contributed by atoms with Crippen LogP contribution < -0.4 is 20.1 Å². The van der Waals surface area contributed by atoms with Crippen LogP contribution in [0, 0.1) is 6.92 Å². The summed E-state index contributed by atoms with van der Waals surface area (Å²) in [4.78, 5) is 41.3. The molecular formula is C26H36N4O6. The van der Waals surface area contributed by atoms with Crippen LogP contribution in [-0.2, 0) is 14.4 Å². The lowest BCUT2D eigenvalue weighted by Crippen LogP contribution is -2.51. The lowest BCUT2D eigenvalue weighted by molar-refractivity contribution is -0.143. The molecule has 196 valence electrons. The van der Waals surface area contributed by atoms with Gasteiger partial charge in [0.2, 0.25) is 17.7 Å². The molecule has 1 aromatic heterocycles. The fraction of sp³-hybridized carbons (Fsp3) is 0.538. The number of carbonyl (C=O) groups excluding carboxylic acids is 3. The van der Waals surface area contributed by atoms with Crippen LogP contribution in [0.5, 0.6) is 11.5 Å². The summed E-state index contributed by atoms with van der Waals surface area (Å²) in [5, 5.41) is 9.46. The molecule has 2 aromatic rings. The third kappa shape index (κ3) is 6.56. The van der Waals surface area contributed by atoms with Crippen molar-refractivity contribution in [1.82, 2.24) is 15.4 Å². The summed E-state index contributed by atoms with van der Waals surface area (Å²) >= 11 is 0. The molecule has 2 N–H and O–H groups in total. The van der Waals surface area contributed by atoms with Crippen LogP contribution in [0.15, 0.2) is 28.8 Å². The Hall–Kier alpha value is -3.56. The Labute approximate surface area is 211 Å². The quantitative estimate of drug-likeness (QED) is 0.455. The van der Waals surface area contributed by atoms with Crippen molar-refractivity contribution in [3.05, 3.63) is 35.6 Å². The molecule has 1 saturated carbocycles. The molecule has 0 saturated heterocycles. The van der Waals surface area contributed by atoms with Crippen molar-refractivity contribution in [2.24, 2.45) is 0 Å². The van der Waals surface area contributed by atoms with E-state index in [1.807, 2.05) is 20.8 Å². The largest absolute Gasteiger partial charge is 0.493 e. The Morgan fingerprint density at radius 1 is 1.19 bits per heavy atom. The molecule has 3 amide bonds. The molecule has 1 atom stereocenters. The standard InChI is InChI=1S/C26H36N4O6/c1-7-26(3,4)28-25(33)23(18-9-8-10-19(34-5)24(18)35-6)30(17-11-12-17)22(32)14-13-21(31)27-20-15-16(2)36-29-20/h8-10,15,17,23H,7,11-14H2,1-6H3,(H,28,33)(H,27,29,31). The number of hydrogen-bond donors (Lipinski definition) is 2. The number of amides is 3. The first-order valence-corrected chi connectivity index (χ1v) is 12.2. The van der Waals surface area contributed by atoms with E-state index in [1.54, 1.807) is 36.1 Å². The van der Waals surface area contributed by atoms with Crippen LogP contribution in [0.25, 0.3) is 0 Å². The first-order chi connectivity index (χ1) is 17.1. The minimum Gasteiger partial charge on any atom is -0.493 e. The van der Waals surface area contributed by atoms with Crippen LogP contribution in [0.3, 0.4) is 0 Å². The molecule has 36 heavy (non-hydrogen) atoms. The second-order valence-corrected chi connectivity index (χ2v) is 9.62. The molecule has 1 heterocycles. The zero-order chi connectivity index (χ0) is 26.5. The fourth-order valence-electron chi connectivity index (χ4n) is 3.93. The van der Waals surface area contributed by atoms with E-state index >= 15 is 0 Å². The normalized spacial score (nSPS) is 14.1. The molecule has 0 bridgehead atoms. The highest BCUT2D eigenvalue weighted by atomic mass is 16.5. The van der Waals surface area contributed by atoms with Gasteiger partial charge < -0.3 is 29.5 Å². The number of nitrogens with zero attached hydrogens (tertiary/aromatic N) is 2. The number of anilines is 1. The van der Waals surface area contributed by atoms with E-state index in [0.29, 0.717) is 35.1 Å². The number of aromatic nitrogens is 1. The summed E-state index contributed by atoms with van der Waals surface area (Å²) in [6, 6.07) is 5.84. The first-order valence-electron chi connectivity index (χ1n) is 12.2. The van der Waals surface area contributed by atoms with Gasteiger partial charge in [-0.3, -0.25) is 14.4 Å². The van der Waals surface area contributed by atoms with Gasteiger partial charge in [0.05, 0.1) is 14.2 Å². The lowest BCUT2D eigenvalue weighted by Gasteiger charge is -2.35. The van der Waals surface area contributed by atoms with E-state index < -0.39 is 11.6 Å². The van der Waals surface area contributed by atoms with E-state index in [1.165, 1.54) is 14.2 Å². The Balaban J connectivity index is 1.89. The number of carbonyl (C=O) groups is 3. The Kier molecular flexibility index (Phi) is 8.60. The van der Waals surface area contributed by atoms with Crippen LogP contribution in [0.2, 0.25) is 0 Å². The van der Waals surface area contributed by atoms with Gasteiger partial charge in [-0.15, -0.1) is 0 Å². The van der Waals surface area contributed by atoms with Crippen molar-refractivity contribution in [2.45, 2.75) is 77.4 Å². The molecule has 1 aliphatic rings. The molecular weight excluding hydrogens is 464 g/mol. The third-order valence-corrected chi connectivity index (χ3v) is 6.29. The van der Waals surface area contributed by atoms with E-state index in [2.05, 4.69) is 15.8 Å². The van der Waals surface area contributed by atoms with Crippen LogP contribution >= 0.6 is 0 Å². The molecule has 0 spiro atoms. The highest BCUT2D eigenvalue weighted by molar-refractivity contribution is 5.94. The molecule has 1 fully saturated rings. The molecule has 0 radical (unpaired) electrons. The number of nitrogens with one attached hydrogen (secondary N) is 2. The predicted octanol–water partition coefficient (Wildman–Crippen LogP) is 3.76. The van der Waals surface area contributed by atoms with Crippen molar-refractivity contribution in [2.75, 3.05) is 19.5 Å². The molecule has 1 aromatic carbocycles. The molecule has 3 rings (SSSR count). The maximum absolute atomic E-state index is 13.7. The number of methoxy groups -OCH3 is 2. The van der Waals surface area contributed by atoms with E-state index in [4.69, 9.17) is 14.0 Å². The van der Waals surface area contributed by atoms with Gasteiger partial charge in [-0.25, -0.2) is 0 Å². The van der Waals surface area contributed by atoms with Gasteiger partial charge >= 0.3 is 0 Å². The fourth-order valence-corrected chi connectivity index (χ4v) is 3.93. The number of rotatable bonds is 12. The van der Waals surface area contributed by atoms with Gasteiger partial charge in [-0.2, -0.15) is 0 Å². The van der Waals surface area contributed by atoms with Gasteiger partial charge in [-0.1, -0.05) is 24.2 Å². The second kappa shape index (κ2) is 11.5. The van der Waals surface area contributed by atoms with Crippen molar-refractivity contribution in [3.63, 3.8) is 0 Å². The highest BCUT2D eigenvalue weighted by Crippen LogP contribution is 2.42. The van der Waals surface area contributed by atoms with Crippen LogP contribution in [0.1, 0.15) is 70.2 Å². The summed E-state index contributed by atoms with van der Waals surface area (Å²) in [6.07, 6.45) is 2.15. The van der Waals surface area contributed by atoms with E-state index in [9.17, 15) is 14.4 Å². The third-order valence-electron chi connectivity index (χ3n) is 6.29. The van der Waals surface area contributed by atoms with Crippen molar-refractivity contribution in [1.29, 1.82) is 0 Å². The molecule has 0 aliphatic heterocycles. The number of aryl methyl sites for hydroxylation is 1. The number of para-hydroxylation sites is 1. The van der Waals surface area contributed by atoms with Crippen molar-refractivity contribution >= 4 is 23.5 Å². The number of hydrogen-bond acceptors (Lipinski definition) is 7. The molecule has 10 heteroatoms. The summed E-state index contributed by atoms with van der Waals surface area (Å²) in [5.41, 5.74) is 0.0546. The Bertz CT molecular complexity index is 1090. The maximum atomic E-state index is 13.7. The summed E-state index contributed by atoms with van der Waals surface area (Å²) in [7, 11) is 3.03. The van der Waals surface area contributed by atoms with Crippen LogP contribution in [-0.4, -0.2) is 53.6 Å². The average molecular weight is 501 g/mol. The molecule has 10 nitrogen and oxygen atoms in total. The Morgan fingerprint density at radius 3 is 2.47 bits per heavy atom. The molecule has 1 unspecified atom stereocenters. The molecule has 1 aliphatic carbocycles. The zero-order valence-corrected chi connectivity index (χ0v) is 21.8. The maximum Gasteiger partial charge on any atom is 0.248 e. The number of ether oxygens (including phenoxy) is 2. The van der Waals surface area contributed by atoms with E-state index in [-0.39, 0.29) is 36.6 Å². The van der Waals surface area contributed by atoms with Crippen molar-refractivity contribution in [3.8, 4) is 11.5 Å².